The van der Waals surface area contributed by atoms with Crippen LogP contribution in [0.25, 0.3) is 5.52 Å². The van der Waals surface area contributed by atoms with Crippen molar-refractivity contribution in [2.75, 3.05) is 31.6 Å². The number of aromatic nitrogens is 2. The third kappa shape index (κ3) is 4.36. The zero-order valence-corrected chi connectivity index (χ0v) is 19.1. The molecule has 2 N–H and O–H groups in total. The summed E-state index contributed by atoms with van der Waals surface area (Å²) in [6.07, 6.45) is 9.59. The summed E-state index contributed by atoms with van der Waals surface area (Å²) in [6.45, 7) is 5.26. The van der Waals surface area contributed by atoms with Crippen molar-refractivity contribution in [3.05, 3.63) is 30.1 Å². The molecule has 4 heterocycles. The number of hydrogen-bond donors (Lipinski definition) is 2. The van der Waals surface area contributed by atoms with Crippen LogP contribution < -0.4 is 10.2 Å². The monoisotopic (exact) mass is 441 g/mol. The van der Waals surface area contributed by atoms with E-state index in [1.807, 2.05) is 22.7 Å². The fourth-order valence-electron chi connectivity index (χ4n) is 5.71. The molecule has 174 valence electrons. The van der Waals surface area contributed by atoms with Gasteiger partial charge in [-0.3, -0.25) is 4.79 Å². The van der Waals surface area contributed by atoms with E-state index in [0.717, 1.165) is 23.5 Å². The lowest BCUT2D eigenvalue weighted by Crippen LogP contribution is -2.54. The van der Waals surface area contributed by atoms with E-state index in [1.165, 1.54) is 44.3 Å². The van der Waals surface area contributed by atoms with Crippen LogP contribution in [-0.4, -0.2) is 70.8 Å². The maximum atomic E-state index is 11.6. The van der Waals surface area contributed by atoms with Crippen LogP contribution in [0.4, 0.5) is 5.69 Å². The molecule has 5 rings (SSSR count). The largest absolute Gasteiger partial charge is 0.381 e. The second kappa shape index (κ2) is 9.00. The van der Waals surface area contributed by atoms with Gasteiger partial charge in [-0.1, -0.05) is 0 Å². The average Bonchev–Trinajstić information content (AvgIpc) is 3.15. The summed E-state index contributed by atoms with van der Waals surface area (Å²) in [6, 6.07) is 4.98. The van der Waals surface area contributed by atoms with Gasteiger partial charge in [-0.15, -0.1) is 0 Å². The van der Waals surface area contributed by atoms with Crippen molar-refractivity contribution in [3.8, 4) is 0 Å². The van der Waals surface area contributed by atoms with E-state index in [2.05, 4.69) is 34.4 Å². The van der Waals surface area contributed by atoms with Gasteiger partial charge in [0.15, 0.2) is 0 Å². The molecule has 32 heavy (non-hydrogen) atoms. The number of rotatable bonds is 6. The van der Waals surface area contributed by atoms with Gasteiger partial charge in [0.25, 0.3) is 0 Å². The number of amides is 1. The van der Waals surface area contributed by atoms with Gasteiger partial charge in [0.2, 0.25) is 12.3 Å². The van der Waals surface area contributed by atoms with E-state index in [9.17, 15) is 9.90 Å². The molecule has 1 saturated carbocycles. The number of likely N-dealkylation sites (tertiary alicyclic amines) is 1. The van der Waals surface area contributed by atoms with Crippen molar-refractivity contribution < 1.29 is 14.6 Å². The van der Waals surface area contributed by atoms with Crippen LogP contribution in [0.3, 0.4) is 0 Å². The van der Waals surface area contributed by atoms with Gasteiger partial charge < -0.3 is 25.0 Å². The number of pyridine rings is 1. The van der Waals surface area contributed by atoms with Crippen molar-refractivity contribution in [3.63, 3.8) is 0 Å². The van der Waals surface area contributed by atoms with Crippen LogP contribution in [0, 0.1) is 11.8 Å². The number of nitrogens with zero attached hydrogens (tertiary/aromatic N) is 4. The second-order valence-electron chi connectivity index (χ2n) is 9.91. The van der Waals surface area contributed by atoms with Crippen LogP contribution in [0.15, 0.2) is 24.5 Å². The lowest BCUT2D eigenvalue weighted by Gasteiger charge is -2.43. The number of aliphatic hydroxyl groups excluding tert-OH is 1. The zero-order chi connectivity index (χ0) is 22.2. The number of methoxy groups -OCH3 is 1. The Kier molecular flexibility index (Phi) is 6.09. The molecule has 3 aliphatic rings. The Labute approximate surface area is 189 Å². The average molecular weight is 442 g/mol. The standard InChI is InChI=1S/C24H35N5O3/c1-16-9-17(3-6-27(16)15-19-11-20(12-19)32-2)10-18-4-8-29-21(13-18)22(14-25-29)28-7-5-23(30)26-24(28)31/h4,8,13-14,16-17,19-20,24,31H,3,5-7,9-12,15H2,1-2H3,(H,26,30)/t16-,17?,19?,20?,24?/m0/s1. The molecule has 2 aliphatic heterocycles. The topological polar surface area (TPSA) is 82.3 Å². The summed E-state index contributed by atoms with van der Waals surface area (Å²) in [5.74, 6) is 1.36. The molecule has 2 aromatic heterocycles. The summed E-state index contributed by atoms with van der Waals surface area (Å²) < 4.78 is 7.28. The van der Waals surface area contributed by atoms with Crippen LogP contribution in [0.1, 0.15) is 44.6 Å². The van der Waals surface area contributed by atoms with Crippen LogP contribution in [0.2, 0.25) is 0 Å². The van der Waals surface area contributed by atoms with Gasteiger partial charge in [-0.25, -0.2) is 4.52 Å². The minimum Gasteiger partial charge on any atom is -0.381 e. The number of nitrogens with one attached hydrogen (secondary N) is 1. The SMILES string of the molecule is COC1CC(CN2CCC(Cc3ccn4ncc(N5CCC(=O)NC5O)c4c3)C[C@@H]2C)C1. The summed E-state index contributed by atoms with van der Waals surface area (Å²) in [5.41, 5.74) is 3.14. The first-order valence-electron chi connectivity index (χ1n) is 12.0. The normalized spacial score (nSPS) is 31.5. The van der Waals surface area contributed by atoms with Crippen LogP contribution in [-0.2, 0) is 16.0 Å². The Hall–Kier alpha value is -2.16. The highest BCUT2D eigenvalue weighted by Gasteiger charge is 2.33. The smallest absolute Gasteiger partial charge is 0.225 e. The maximum absolute atomic E-state index is 11.6. The number of ether oxygens (including phenoxy) is 1. The van der Waals surface area contributed by atoms with E-state index in [-0.39, 0.29) is 5.91 Å². The van der Waals surface area contributed by atoms with E-state index in [0.29, 0.717) is 31.0 Å². The Morgan fingerprint density at radius 1 is 1.25 bits per heavy atom. The Morgan fingerprint density at radius 3 is 2.84 bits per heavy atom. The lowest BCUT2D eigenvalue weighted by molar-refractivity contribution is -0.125. The molecule has 0 radical (unpaired) electrons. The van der Waals surface area contributed by atoms with Gasteiger partial charge in [0.1, 0.15) is 0 Å². The van der Waals surface area contributed by atoms with E-state index in [1.54, 1.807) is 6.20 Å². The minimum absolute atomic E-state index is 0.123. The van der Waals surface area contributed by atoms with Gasteiger partial charge in [-0.2, -0.15) is 5.10 Å². The Morgan fingerprint density at radius 2 is 2.09 bits per heavy atom. The van der Waals surface area contributed by atoms with Crippen LogP contribution >= 0.6 is 0 Å². The van der Waals surface area contributed by atoms with Crippen molar-refractivity contribution in [2.24, 2.45) is 11.8 Å². The summed E-state index contributed by atoms with van der Waals surface area (Å²) in [4.78, 5) is 16.0. The third-order valence-corrected chi connectivity index (χ3v) is 7.71. The highest BCUT2D eigenvalue weighted by atomic mass is 16.5. The van der Waals surface area contributed by atoms with Crippen molar-refractivity contribution >= 4 is 17.1 Å². The lowest BCUT2D eigenvalue weighted by atomic mass is 9.80. The molecule has 2 saturated heterocycles. The number of aliphatic hydroxyl groups is 1. The first-order valence-corrected chi connectivity index (χ1v) is 12.0. The van der Waals surface area contributed by atoms with Gasteiger partial charge in [0, 0.05) is 38.9 Å². The van der Waals surface area contributed by atoms with E-state index >= 15 is 0 Å². The highest BCUT2D eigenvalue weighted by Crippen LogP contribution is 2.34. The number of fused-ring (bicyclic) bond motifs is 1. The number of hydrogen-bond acceptors (Lipinski definition) is 6. The predicted molar refractivity (Wildman–Crippen MR) is 122 cm³/mol. The predicted octanol–water partition coefficient (Wildman–Crippen LogP) is 2.00. The molecule has 1 aliphatic carbocycles. The summed E-state index contributed by atoms with van der Waals surface area (Å²) in [5, 5.41) is 17.4. The van der Waals surface area contributed by atoms with Gasteiger partial charge >= 0.3 is 0 Å². The first kappa shape index (κ1) is 21.7. The fraction of sp³-hybridized carbons (Fsp3) is 0.667. The molecule has 2 unspecified atom stereocenters. The Bertz CT molecular complexity index is 956. The molecule has 0 spiro atoms. The molecular formula is C24H35N5O3. The fourth-order valence-corrected chi connectivity index (χ4v) is 5.71. The minimum atomic E-state index is -1.01. The zero-order valence-electron chi connectivity index (χ0n) is 19.1. The number of anilines is 1. The van der Waals surface area contributed by atoms with Crippen molar-refractivity contribution in [2.45, 2.75) is 63.9 Å². The van der Waals surface area contributed by atoms with Gasteiger partial charge in [0.05, 0.1) is 23.5 Å². The molecule has 8 nitrogen and oxygen atoms in total. The molecule has 8 heteroatoms. The maximum Gasteiger partial charge on any atom is 0.225 e. The number of carbonyl (C=O) groups excluding carboxylic acids is 1. The van der Waals surface area contributed by atoms with Gasteiger partial charge in [-0.05, 0) is 75.1 Å². The Balaban J connectivity index is 1.22. The molecule has 0 bridgehead atoms. The highest BCUT2D eigenvalue weighted by molar-refractivity contribution is 5.81. The number of piperidine rings is 1. The number of carbonyl (C=O) groups is 1. The molecule has 0 aromatic carbocycles. The van der Waals surface area contributed by atoms with Crippen LogP contribution in [0.5, 0.6) is 0 Å². The van der Waals surface area contributed by atoms with E-state index < -0.39 is 6.35 Å². The van der Waals surface area contributed by atoms with E-state index in [4.69, 9.17) is 4.74 Å². The molecule has 3 atom stereocenters. The quantitative estimate of drug-likeness (QED) is 0.714. The molecule has 1 amide bonds. The molecular weight excluding hydrogens is 406 g/mol. The molecule has 2 aromatic rings. The van der Waals surface area contributed by atoms with Crippen molar-refractivity contribution in [1.29, 1.82) is 0 Å². The third-order valence-electron chi connectivity index (χ3n) is 7.71. The second-order valence-corrected chi connectivity index (χ2v) is 9.91. The van der Waals surface area contributed by atoms with Crippen molar-refractivity contribution in [1.82, 2.24) is 19.8 Å². The summed E-state index contributed by atoms with van der Waals surface area (Å²) >= 11 is 0. The first-order chi connectivity index (χ1) is 15.5. The molecule has 3 fully saturated rings. The summed E-state index contributed by atoms with van der Waals surface area (Å²) in [7, 11) is 1.83.